The van der Waals surface area contributed by atoms with Crippen LogP contribution >= 0.6 is 0 Å². The van der Waals surface area contributed by atoms with Gasteiger partial charge in [0.15, 0.2) is 0 Å². The van der Waals surface area contributed by atoms with Crippen molar-refractivity contribution in [3.63, 3.8) is 0 Å². The maximum absolute atomic E-state index is 11.5. The molecule has 0 aromatic rings. The molecule has 0 aliphatic carbocycles. The quantitative estimate of drug-likeness (QED) is 0.712. The van der Waals surface area contributed by atoms with Crippen molar-refractivity contribution in [2.24, 2.45) is 5.41 Å². The number of rotatable bonds is 6. The number of esters is 1. The molecule has 3 nitrogen and oxygen atoms in total. The van der Waals surface area contributed by atoms with E-state index in [1.165, 1.54) is 7.11 Å². The van der Waals surface area contributed by atoms with Crippen LogP contribution in [-0.4, -0.2) is 24.7 Å². The predicted molar refractivity (Wildman–Crippen MR) is 67.4 cm³/mol. The van der Waals surface area contributed by atoms with Crippen LogP contribution in [0.1, 0.15) is 54.4 Å². The van der Waals surface area contributed by atoms with E-state index in [4.69, 9.17) is 4.74 Å². The summed E-state index contributed by atoms with van der Waals surface area (Å²) in [6.45, 7) is 12.5. The van der Waals surface area contributed by atoms with Gasteiger partial charge in [-0.15, -0.1) is 0 Å². The van der Waals surface area contributed by atoms with Crippen LogP contribution in [-0.2, 0) is 9.53 Å². The molecule has 0 heterocycles. The summed E-state index contributed by atoms with van der Waals surface area (Å²) >= 11 is 0. The Bertz CT molecular complexity index is 232. The summed E-state index contributed by atoms with van der Waals surface area (Å²) in [5.41, 5.74) is -0.343. The molecule has 96 valence electrons. The standard InChI is InChI=1S/C13H27NO2/c1-10(2)14-13(5,6)9-8-12(3,4)11(15)16-7/h10,14H,8-9H2,1-7H3. The van der Waals surface area contributed by atoms with Crippen molar-refractivity contribution < 1.29 is 9.53 Å². The van der Waals surface area contributed by atoms with Crippen molar-refractivity contribution in [2.75, 3.05) is 7.11 Å². The molecule has 3 heteroatoms. The van der Waals surface area contributed by atoms with Gasteiger partial charge >= 0.3 is 5.97 Å². The Morgan fingerprint density at radius 3 is 2.06 bits per heavy atom. The van der Waals surface area contributed by atoms with E-state index >= 15 is 0 Å². The normalized spacial score (nSPS) is 13.0. The molecule has 0 aliphatic heterocycles. The van der Waals surface area contributed by atoms with Gasteiger partial charge in [0.2, 0.25) is 0 Å². The second kappa shape index (κ2) is 5.67. The van der Waals surface area contributed by atoms with Gasteiger partial charge < -0.3 is 10.1 Å². The van der Waals surface area contributed by atoms with Gasteiger partial charge in [-0.1, -0.05) is 13.8 Å². The van der Waals surface area contributed by atoms with Crippen molar-refractivity contribution in [1.82, 2.24) is 5.32 Å². The molecular weight excluding hydrogens is 202 g/mol. The summed E-state index contributed by atoms with van der Waals surface area (Å²) in [6.07, 6.45) is 1.78. The maximum Gasteiger partial charge on any atom is 0.311 e. The summed E-state index contributed by atoms with van der Waals surface area (Å²) in [5.74, 6) is -0.132. The number of hydrogen-bond donors (Lipinski definition) is 1. The van der Waals surface area contributed by atoms with Gasteiger partial charge in [-0.05, 0) is 40.5 Å². The van der Waals surface area contributed by atoms with E-state index in [2.05, 4.69) is 33.0 Å². The molecule has 0 radical (unpaired) electrons. The fourth-order valence-corrected chi connectivity index (χ4v) is 1.86. The monoisotopic (exact) mass is 229 g/mol. The molecule has 0 aliphatic rings. The van der Waals surface area contributed by atoms with Gasteiger partial charge in [-0.3, -0.25) is 4.79 Å². The van der Waals surface area contributed by atoms with Crippen molar-refractivity contribution in [3.05, 3.63) is 0 Å². The average molecular weight is 229 g/mol. The zero-order valence-electron chi connectivity index (χ0n) is 11.8. The van der Waals surface area contributed by atoms with Crippen LogP contribution in [0.15, 0.2) is 0 Å². The Labute approximate surface area is 99.9 Å². The summed E-state index contributed by atoms with van der Waals surface area (Å²) in [4.78, 5) is 11.5. The van der Waals surface area contributed by atoms with Gasteiger partial charge in [-0.2, -0.15) is 0 Å². The first-order valence-electron chi connectivity index (χ1n) is 5.97. The van der Waals surface area contributed by atoms with E-state index in [9.17, 15) is 4.79 Å². The van der Waals surface area contributed by atoms with Gasteiger partial charge in [0, 0.05) is 11.6 Å². The third-order valence-corrected chi connectivity index (χ3v) is 2.79. The smallest absolute Gasteiger partial charge is 0.311 e. The molecular formula is C13H27NO2. The summed E-state index contributed by atoms with van der Waals surface area (Å²) in [5, 5.41) is 3.50. The minimum atomic E-state index is -0.398. The topological polar surface area (TPSA) is 38.3 Å². The maximum atomic E-state index is 11.5. The van der Waals surface area contributed by atoms with Gasteiger partial charge in [0.25, 0.3) is 0 Å². The van der Waals surface area contributed by atoms with E-state index in [-0.39, 0.29) is 11.5 Å². The summed E-state index contributed by atoms with van der Waals surface area (Å²) < 4.78 is 4.80. The van der Waals surface area contributed by atoms with Crippen molar-refractivity contribution in [1.29, 1.82) is 0 Å². The number of nitrogens with one attached hydrogen (secondary N) is 1. The van der Waals surface area contributed by atoms with Crippen LogP contribution in [0.2, 0.25) is 0 Å². The van der Waals surface area contributed by atoms with Crippen LogP contribution in [0.4, 0.5) is 0 Å². The summed E-state index contributed by atoms with van der Waals surface area (Å²) in [6, 6.07) is 0.455. The highest BCUT2D eigenvalue weighted by atomic mass is 16.5. The molecule has 1 N–H and O–H groups in total. The SMILES string of the molecule is COC(=O)C(C)(C)CCC(C)(C)NC(C)C. The number of carbonyl (C=O) groups is 1. The van der Waals surface area contributed by atoms with E-state index in [1.54, 1.807) is 0 Å². The molecule has 0 bridgehead atoms. The zero-order valence-corrected chi connectivity index (χ0v) is 11.8. The largest absolute Gasteiger partial charge is 0.469 e. The molecule has 0 fully saturated rings. The summed E-state index contributed by atoms with van der Waals surface area (Å²) in [7, 11) is 1.45. The number of hydrogen-bond acceptors (Lipinski definition) is 3. The number of carbonyl (C=O) groups excluding carboxylic acids is 1. The lowest BCUT2D eigenvalue weighted by Crippen LogP contribution is -2.44. The van der Waals surface area contributed by atoms with Gasteiger partial charge in [0.05, 0.1) is 12.5 Å². The predicted octanol–water partition coefficient (Wildman–Crippen LogP) is 2.74. The van der Waals surface area contributed by atoms with Gasteiger partial charge in [0.1, 0.15) is 0 Å². The molecule has 16 heavy (non-hydrogen) atoms. The first-order valence-corrected chi connectivity index (χ1v) is 5.97. The van der Waals surface area contributed by atoms with Crippen LogP contribution in [0.25, 0.3) is 0 Å². The van der Waals surface area contributed by atoms with Crippen LogP contribution < -0.4 is 5.32 Å². The second-order valence-corrected chi connectivity index (χ2v) is 6.06. The van der Waals surface area contributed by atoms with Crippen LogP contribution in [0, 0.1) is 5.41 Å². The van der Waals surface area contributed by atoms with E-state index < -0.39 is 5.41 Å². The molecule has 0 aromatic carbocycles. The van der Waals surface area contributed by atoms with Crippen molar-refractivity contribution >= 4 is 5.97 Å². The first kappa shape index (κ1) is 15.4. The average Bonchev–Trinajstić information content (AvgIpc) is 2.12. The Kier molecular flexibility index (Phi) is 5.47. The Balaban J connectivity index is 4.27. The molecule has 0 saturated carbocycles. The molecule has 0 spiro atoms. The fraction of sp³-hybridized carbons (Fsp3) is 0.923. The van der Waals surface area contributed by atoms with Crippen LogP contribution in [0.5, 0.6) is 0 Å². The van der Waals surface area contributed by atoms with Crippen LogP contribution in [0.3, 0.4) is 0 Å². The zero-order chi connectivity index (χ0) is 13.0. The van der Waals surface area contributed by atoms with E-state index in [1.807, 2.05) is 13.8 Å². The molecule has 0 aromatic heterocycles. The molecule has 0 amide bonds. The highest BCUT2D eigenvalue weighted by Crippen LogP contribution is 2.27. The van der Waals surface area contributed by atoms with Crippen molar-refractivity contribution in [2.45, 2.75) is 66.0 Å². The lowest BCUT2D eigenvalue weighted by molar-refractivity contribution is -0.151. The Morgan fingerprint density at radius 2 is 1.69 bits per heavy atom. The highest BCUT2D eigenvalue weighted by Gasteiger charge is 2.31. The van der Waals surface area contributed by atoms with E-state index in [0.717, 1.165) is 12.8 Å². The second-order valence-electron chi connectivity index (χ2n) is 6.06. The Morgan fingerprint density at radius 1 is 1.19 bits per heavy atom. The third kappa shape index (κ3) is 5.50. The molecule has 0 saturated heterocycles. The van der Waals surface area contributed by atoms with E-state index in [0.29, 0.717) is 6.04 Å². The molecule has 0 rings (SSSR count). The molecule has 0 atom stereocenters. The third-order valence-electron chi connectivity index (χ3n) is 2.79. The number of ether oxygens (including phenoxy) is 1. The van der Waals surface area contributed by atoms with Crippen molar-refractivity contribution in [3.8, 4) is 0 Å². The highest BCUT2D eigenvalue weighted by molar-refractivity contribution is 5.75. The minimum absolute atomic E-state index is 0.0550. The molecule has 0 unspecified atom stereocenters. The first-order chi connectivity index (χ1) is 7.10. The Hall–Kier alpha value is -0.570. The fourth-order valence-electron chi connectivity index (χ4n) is 1.86. The minimum Gasteiger partial charge on any atom is -0.469 e. The lowest BCUT2D eigenvalue weighted by Gasteiger charge is -2.32. The number of methoxy groups -OCH3 is 1. The lowest BCUT2D eigenvalue weighted by atomic mass is 9.83. The van der Waals surface area contributed by atoms with Gasteiger partial charge in [-0.25, -0.2) is 0 Å².